The lowest BCUT2D eigenvalue weighted by Crippen LogP contribution is -2.47. The van der Waals surface area contributed by atoms with Crippen LogP contribution in [-0.2, 0) is 9.59 Å². The summed E-state index contributed by atoms with van der Waals surface area (Å²) in [6, 6.07) is 0. The summed E-state index contributed by atoms with van der Waals surface area (Å²) in [4.78, 5) is 23.3. The van der Waals surface area contributed by atoms with E-state index in [9.17, 15) is 9.59 Å². The van der Waals surface area contributed by atoms with E-state index < -0.39 is 5.97 Å². The molecular formula is C15H26N2O3. The third-order valence-corrected chi connectivity index (χ3v) is 4.61. The molecule has 0 spiro atoms. The largest absolute Gasteiger partial charge is 0.481 e. The monoisotopic (exact) mass is 282 g/mol. The first-order valence-electron chi connectivity index (χ1n) is 7.86. The number of hydrogen-bond acceptors (Lipinski definition) is 3. The van der Waals surface area contributed by atoms with E-state index in [0.717, 1.165) is 58.0 Å². The molecule has 1 aliphatic carbocycles. The van der Waals surface area contributed by atoms with Crippen LogP contribution in [0.3, 0.4) is 0 Å². The maximum absolute atomic E-state index is 12.2. The molecule has 0 aromatic carbocycles. The Morgan fingerprint density at radius 2 is 1.55 bits per heavy atom. The van der Waals surface area contributed by atoms with Crippen LogP contribution in [0.2, 0.25) is 0 Å². The molecule has 0 aromatic rings. The Morgan fingerprint density at radius 3 is 2.15 bits per heavy atom. The predicted octanol–water partition coefficient (Wildman–Crippen LogP) is 2.32. The van der Waals surface area contributed by atoms with Gasteiger partial charge in [0.1, 0.15) is 0 Å². The highest BCUT2D eigenvalue weighted by molar-refractivity contribution is 5.77. The number of carbonyl (C=O) groups is 2. The molecule has 20 heavy (non-hydrogen) atoms. The maximum Gasteiger partial charge on any atom is 0.303 e. The Bertz CT molecular complexity index is 345. The zero-order valence-corrected chi connectivity index (χ0v) is 12.2. The molecular weight excluding hydrogens is 256 g/mol. The Hall–Kier alpha value is -1.10. The molecule has 0 unspecified atom stereocenters. The molecule has 5 heteroatoms. The van der Waals surface area contributed by atoms with Crippen molar-refractivity contribution in [1.29, 1.82) is 0 Å². The van der Waals surface area contributed by atoms with E-state index >= 15 is 0 Å². The van der Waals surface area contributed by atoms with Gasteiger partial charge in [-0.05, 0) is 31.1 Å². The van der Waals surface area contributed by atoms with Gasteiger partial charge in [0.15, 0.2) is 0 Å². The number of carbonyl (C=O) groups excluding carboxylic acids is 1. The number of aliphatic carboxylic acids is 1. The number of nitrogens with zero attached hydrogens (tertiary/aromatic N) is 1. The molecule has 1 saturated carbocycles. The fourth-order valence-electron chi connectivity index (χ4n) is 3.60. The van der Waals surface area contributed by atoms with Crippen molar-refractivity contribution in [2.75, 3.05) is 13.1 Å². The highest BCUT2D eigenvalue weighted by Gasteiger charge is 2.36. The lowest BCUT2D eigenvalue weighted by atomic mass is 9.69. The second kappa shape index (κ2) is 7.07. The van der Waals surface area contributed by atoms with Crippen LogP contribution < -0.4 is 5.43 Å². The van der Waals surface area contributed by atoms with Crippen molar-refractivity contribution >= 4 is 11.9 Å². The van der Waals surface area contributed by atoms with E-state index in [1.807, 2.05) is 5.01 Å². The Balaban J connectivity index is 1.89. The molecule has 1 aliphatic heterocycles. The van der Waals surface area contributed by atoms with Gasteiger partial charge in [-0.1, -0.05) is 25.7 Å². The molecule has 0 radical (unpaired) electrons. The zero-order valence-electron chi connectivity index (χ0n) is 12.2. The first-order chi connectivity index (χ1) is 9.60. The van der Waals surface area contributed by atoms with Crippen LogP contribution in [0.1, 0.15) is 64.2 Å². The van der Waals surface area contributed by atoms with E-state index in [0.29, 0.717) is 6.42 Å². The maximum atomic E-state index is 12.2. The fourth-order valence-corrected chi connectivity index (χ4v) is 3.60. The summed E-state index contributed by atoms with van der Waals surface area (Å²) in [6.45, 7) is 1.83. The molecule has 1 heterocycles. The van der Waals surface area contributed by atoms with Gasteiger partial charge in [0, 0.05) is 19.5 Å². The lowest BCUT2D eigenvalue weighted by molar-refractivity contribution is -0.141. The van der Waals surface area contributed by atoms with Gasteiger partial charge in [0.25, 0.3) is 0 Å². The standard InChI is InChI=1S/C15H26N2O3/c18-13(16-17-9-5-2-6-10-17)11-15(12-14(19)20)7-3-1-4-8-15/h1-12H2,(H,16,18)(H,19,20). The molecule has 0 atom stereocenters. The summed E-state index contributed by atoms with van der Waals surface area (Å²) in [5.74, 6) is -0.785. The van der Waals surface area contributed by atoms with Gasteiger partial charge in [-0.3, -0.25) is 15.0 Å². The van der Waals surface area contributed by atoms with Crippen LogP contribution in [-0.4, -0.2) is 35.1 Å². The van der Waals surface area contributed by atoms with Crippen LogP contribution in [0.25, 0.3) is 0 Å². The molecule has 0 aromatic heterocycles. The third-order valence-electron chi connectivity index (χ3n) is 4.61. The van der Waals surface area contributed by atoms with Crippen molar-refractivity contribution in [2.24, 2.45) is 5.41 Å². The van der Waals surface area contributed by atoms with E-state index in [-0.39, 0.29) is 17.7 Å². The molecule has 1 saturated heterocycles. The number of piperidine rings is 1. The van der Waals surface area contributed by atoms with Crippen LogP contribution in [0.15, 0.2) is 0 Å². The highest BCUT2D eigenvalue weighted by Crippen LogP contribution is 2.42. The highest BCUT2D eigenvalue weighted by atomic mass is 16.4. The molecule has 1 amide bonds. The van der Waals surface area contributed by atoms with Crippen molar-refractivity contribution in [3.05, 3.63) is 0 Å². The molecule has 114 valence electrons. The molecule has 2 fully saturated rings. The van der Waals surface area contributed by atoms with Gasteiger partial charge in [0.2, 0.25) is 5.91 Å². The summed E-state index contributed by atoms with van der Waals surface area (Å²) in [5, 5.41) is 11.1. The van der Waals surface area contributed by atoms with Crippen LogP contribution in [0, 0.1) is 5.41 Å². The summed E-state index contributed by atoms with van der Waals surface area (Å²) < 4.78 is 0. The van der Waals surface area contributed by atoms with Crippen LogP contribution in [0.5, 0.6) is 0 Å². The minimum absolute atomic E-state index is 0.00458. The minimum atomic E-state index is -0.780. The number of carboxylic acids is 1. The number of rotatable bonds is 5. The summed E-state index contributed by atoms with van der Waals surface area (Å²) in [7, 11) is 0. The number of nitrogens with one attached hydrogen (secondary N) is 1. The van der Waals surface area contributed by atoms with Crippen LogP contribution >= 0.6 is 0 Å². The number of carboxylic acid groups (broad SMARTS) is 1. The van der Waals surface area contributed by atoms with E-state index in [2.05, 4.69) is 5.43 Å². The number of hydrazine groups is 1. The van der Waals surface area contributed by atoms with Gasteiger partial charge in [-0.25, -0.2) is 5.01 Å². The van der Waals surface area contributed by atoms with Gasteiger partial charge >= 0.3 is 5.97 Å². The lowest BCUT2D eigenvalue weighted by Gasteiger charge is -2.36. The predicted molar refractivity (Wildman–Crippen MR) is 76.0 cm³/mol. The Labute approximate surface area is 120 Å². The van der Waals surface area contributed by atoms with Crippen molar-refractivity contribution < 1.29 is 14.7 Å². The molecule has 2 rings (SSSR count). The summed E-state index contributed by atoms with van der Waals surface area (Å²) in [5.41, 5.74) is 2.65. The average molecular weight is 282 g/mol. The van der Waals surface area contributed by atoms with Crippen molar-refractivity contribution in [3.8, 4) is 0 Å². The van der Waals surface area contributed by atoms with Crippen molar-refractivity contribution in [2.45, 2.75) is 64.2 Å². The Morgan fingerprint density at radius 1 is 0.950 bits per heavy atom. The minimum Gasteiger partial charge on any atom is -0.481 e. The van der Waals surface area contributed by atoms with E-state index in [4.69, 9.17) is 5.11 Å². The van der Waals surface area contributed by atoms with Gasteiger partial charge in [0.05, 0.1) is 6.42 Å². The smallest absolute Gasteiger partial charge is 0.303 e. The zero-order chi connectivity index (χ0) is 14.4. The number of hydrogen-bond donors (Lipinski definition) is 2. The summed E-state index contributed by atoms with van der Waals surface area (Å²) >= 11 is 0. The molecule has 2 aliphatic rings. The quantitative estimate of drug-likeness (QED) is 0.812. The first kappa shape index (κ1) is 15.3. The van der Waals surface area contributed by atoms with Crippen molar-refractivity contribution in [1.82, 2.24) is 10.4 Å². The molecule has 5 nitrogen and oxygen atoms in total. The van der Waals surface area contributed by atoms with Crippen molar-refractivity contribution in [3.63, 3.8) is 0 Å². The molecule has 2 N–H and O–H groups in total. The van der Waals surface area contributed by atoms with E-state index in [1.165, 1.54) is 6.42 Å². The second-order valence-electron chi connectivity index (χ2n) is 6.39. The average Bonchev–Trinajstić information content (AvgIpc) is 2.39. The second-order valence-corrected chi connectivity index (χ2v) is 6.39. The van der Waals surface area contributed by atoms with Gasteiger partial charge in [-0.2, -0.15) is 0 Å². The SMILES string of the molecule is O=C(O)CC1(CC(=O)NN2CCCCC2)CCCCC1. The van der Waals surface area contributed by atoms with E-state index in [1.54, 1.807) is 0 Å². The van der Waals surface area contributed by atoms with Gasteiger partial charge in [-0.15, -0.1) is 0 Å². The van der Waals surface area contributed by atoms with Crippen LogP contribution in [0.4, 0.5) is 0 Å². The summed E-state index contributed by atoms with van der Waals surface area (Å²) in [6.07, 6.45) is 8.95. The normalized spacial score (nSPS) is 23.2. The first-order valence-corrected chi connectivity index (χ1v) is 7.86. The topological polar surface area (TPSA) is 69.6 Å². The Kier molecular flexibility index (Phi) is 5.40. The third kappa shape index (κ3) is 4.47. The fraction of sp³-hybridized carbons (Fsp3) is 0.867. The number of amides is 1. The van der Waals surface area contributed by atoms with Gasteiger partial charge < -0.3 is 5.11 Å². The molecule has 0 bridgehead atoms.